The SMILES string of the molecule is Cc1ccc(NC(=O)c2cc(F)n(C(=O)CCC(=O)O)n2)c(Cl)c1. The number of aromatic nitrogens is 2. The van der Waals surface area contributed by atoms with Gasteiger partial charge in [-0.05, 0) is 24.6 Å². The Morgan fingerprint density at radius 3 is 2.62 bits per heavy atom. The zero-order chi connectivity index (χ0) is 17.9. The van der Waals surface area contributed by atoms with Gasteiger partial charge < -0.3 is 10.4 Å². The van der Waals surface area contributed by atoms with Crippen LogP contribution in [0.15, 0.2) is 24.3 Å². The summed E-state index contributed by atoms with van der Waals surface area (Å²) < 4.78 is 14.1. The number of carboxylic acid groups (broad SMARTS) is 1. The molecule has 0 atom stereocenters. The maximum absolute atomic E-state index is 13.7. The monoisotopic (exact) mass is 353 g/mol. The van der Waals surface area contributed by atoms with Crippen molar-refractivity contribution in [1.82, 2.24) is 9.78 Å². The number of rotatable bonds is 5. The lowest BCUT2D eigenvalue weighted by atomic mass is 10.2. The number of nitrogens with zero attached hydrogens (tertiary/aromatic N) is 2. The minimum absolute atomic E-state index is 0.306. The number of benzene rings is 1. The van der Waals surface area contributed by atoms with E-state index in [0.717, 1.165) is 11.6 Å². The molecule has 0 unspecified atom stereocenters. The zero-order valence-corrected chi connectivity index (χ0v) is 13.3. The molecule has 1 heterocycles. The van der Waals surface area contributed by atoms with Crippen LogP contribution >= 0.6 is 11.6 Å². The third-order valence-corrected chi connectivity index (χ3v) is 3.37. The number of halogens is 2. The predicted octanol–water partition coefficient (Wildman–Crippen LogP) is 2.74. The number of carbonyl (C=O) groups excluding carboxylic acids is 2. The highest BCUT2D eigenvalue weighted by Crippen LogP contribution is 2.23. The van der Waals surface area contributed by atoms with E-state index in [2.05, 4.69) is 10.4 Å². The average Bonchev–Trinajstić information content (AvgIpc) is 2.89. The highest BCUT2D eigenvalue weighted by Gasteiger charge is 2.19. The molecule has 7 nitrogen and oxygen atoms in total. The minimum atomic E-state index is -1.19. The Bertz CT molecular complexity index is 819. The normalized spacial score (nSPS) is 10.5. The minimum Gasteiger partial charge on any atom is -0.481 e. The van der Waals surface area contributed by atoms with Crippen LogP contribution in [0.3, 0.4) is 0 Å². The van der Waals surface area contributed by atoms with Crippen molar-refractivity contribution < 1.29 is 23.9 Å². The van der Waals surface area contributed by atoms with Gasteiger partial charge in [0.1, 0.15) is 0 Å². The predicted molar refractivity (Wildman–Crippen MR) is 83.8 cm³/mol. The first-order chi connectivity index (χ1) is 11.3. The van der Waals surface area contributed by atoms with Crippen LogP contribution in [0.1, 0.15) is 33.7 Å². The van der Waals surface area contributed by atoms with Crippen molar-refractivity contribution in [3.05, 3.63) is 46.5 Å². The van der Waals surface area contributed by atoms with Gasteiger partial charge in [-0.1, -0.05) is 17.7 Å². The molecule has 0 bridgehead atoms. The van der Waals surface area contributed by atoms with E-state index in [4.69, 9.17) is 16.7 Å². The van der Waals surface area contributed by atoms with E-state index < -0.39 is 36.6 Å². The molecule has 2 N–H and O–H groups in total. The molecule has 1 aromatic heterocycles. The first-order valence-corrected chi connectivity index (χ1v) is 7.24. The molecular weight excluding hydrogens is 341 g/mol. The highest BCUT2D eigenvalue weighted by atomic mass is 35.5. The first-order valence-electron chi connectivity index (χ1n) is 6.86. The summed E-state index contributed by atoms with van der Waals surface area (Å²) in [7, 11) is 0. The van der Waals surface area contributed by atoms with Gasteiger partial charge in [0, 0.05) is 12.5 Å². The smallest absolute Gasteiger partial charge is 0.303 e. The number of anilines is 1. The molecular formula is C15H13ClFN3O4. The standard InChI is InChI=1S/C15H13ClFN3O4/c1-8-2-3-10(9(16)6-8)18-15(24)11-7-12(17)20(19-11)13(21)4-5-14(22)23/h2-3,6-7H,4-5H2,1H3,(H,18,24)(H,22,23). The summed E-state index contributed by atoms with van der Waals surface area (Å²) in [5.41, 5.74) is 0.893. The lowest BCUT2D eigenvalue weighted by Crippen LogP contribution is -2.18. The van der Waals surface area contributed by atoms with Crippen LogP contribution in [-0.2, 0) is 4.79 Å². The van der Waals surface area contributed by atoms with Crippen molar-refractivity contribution in [2.24, 2.45) is 0 Å². The topological polar surface area (TPSA) is 101 Å². The van der Waals surface area contributed by atoms with Crippen LogP contribution in [0.2, 0.25) is 5.02 Å². The summed E-state index contributed by atoms with van der Waals surface area (Å²) in [5.74, 6) is -3.85. The van der Waals surface area contributed by atoms with Gasteiger partial charge in [0.15, 0.2) is 5.69 Å². The Kier molecular flexibility index (Phi) is 5.30. The third-order valence-electron chi connectivity index (χ3n) is 3.06. The van der Waals surface area contributed by atoms with E-state index in [9.17, 15) is 18.8 Å². The third kappa shape index (κ3) is 4.17. The van der Waals surface area contributed by atoms with Crippen LogP contribution in [0, 0.1) is 12.9 Å². The Balaban J connectivity index is 2.14. The van der Waals surface area contributed by atoms with Crippen LogP contribution in [0.4, 0.5) is 10.1 Å². The second-order valence-corrected chi connectivity index (χ2v) is 5.40. The number of carbonyl (C=O) groups is 3. The number of nitrogens with one attached hydrogen (secondary N) is 1. The van der Waals surface area contributed by atoms with Gasteiger partial charge in [-0.2, -0.15) is 14.2 Å². The Labute approximate surface area is 141 Å². The lowest BCUT2D eigenvalue weighted by molar-refractivity contribution is -0.137. The summed E-state index contributed by atoms with van der Waals surface area (Å²) in [6.07, 6.45) is -0.891. The summed E-state index contributed by atoms with van der Waals surface area (Å²) in [5, 5.41) is 14.9. The van der Waals surface area contributed by atoms with Crippen LogP contribution in [0.5, 0.6) is 0 Å². The molecule has 0 fully saturated rings. The molecule has 0 saturated heterocycles. The first kappa shape index (κ1) is 17.6. The van der Waals surface area contributed by atoms with Gasteiger partial charge in [0.2, 0.25) is 11.9 Å². The summed E-state index contributed by atoms with van der Waals surface area (Å²) in [4.78, 5) is 34.2. The zero-order valence-electron chi connectivity index (χ0n) is 12.5. The van der Waals surface area contributed by atoms with E-state index in [1.54, 1.807) is 18.2 Å². The van der Waals surface area contributed by atoms with Gasteiger partial charge in [0.25, 0.3) is 5.91 Å². The maximum atomic E-state index is 13.7. The van der Waals surface area contributed by atoms with Gasteiger partial charge in [-0.15, -0.1) is 0 Å². The summed E-state index contributed by atoms with van der Waals surface area (Å²) in [6, 6.07) is 5.75. The molecule has 1 amide bonds. The number of carboxylic acids is 1. The average molecular weight is 354 g/mol. The number of aliphatic carboxylic acids is 1. The van der Waals surface area contributed by atoms with Crippen LogP contribution < -0.4 is 5.32 Å². The Morgan fingerprint density at radius 2 is 2.00 bits per heavy atom. The number of hydrogen-bond donors (Lipinski definition) is 2. The van der Waals surface area contributed by atoms with Gasteiger partial charge in [-0.25, -0.2) is 0 Å². The molecule has 1 aromatic carbocycles. The second-order valence-electron chi connectivity index (χ2n) is 4.99. The van der Waals surface area contributed by atoms with E-state index in [1.807, 2.05) is 6.92 Å². The molecule has 0 aliphatic rings. The van der Waals surface area contributed by atoms with Gasteiger partial charge in [-0.3, -0.25) is 14.4 Å². The van der Waals surface area contributed by atoms with Crippen LogP contribution in [-0.4, -0.2) is 32.7 Å². The molecule has 0 aliphatic carbocycles. The highest BCUT2D eigenvalue weighted by molar-refractivity contribution is 6.34. The summed E-state index contributed by atoms with van der Waals surface area (Å²) in [6.45, 7) is 1.83. The van der Waals surface area contributed by atoms with E-state index in [-0.39, 0.29) is 5.69 Å². The van der Waals surface area contributed by atoms with Gasteiger partial charge >= 0.3 is 5.97 Å². The molecule has 0 spiro atoms. The quantitative estimate of drug-likeness (QED) is 0.860. The van der Waals surface area contributed by atoms with E-state index in [0.29, 0.717) is 15.4 Å². The van der Waals surface area contributed by atoms with Crippen molar-refractivity contribution in [2.45, 2.75) is 19.8 Å². The van der Waals surface area contributed by atoms with Crippen molar-refractivity contribution in [3.8, 4) is 0 Å². The fourth-order valence-electron chi connectivity index (χ4n) is 1.87. The van der Waals surface area contributed by atoms with E-state index in [1.165, 1.54) is 0 Å². The largest absolute Gasteiger partial charge is 0.481 e. The van der Waals surface area contributed by atoms with Crippen molar-refractivity contribution >= 4 is 35.1 Å². The molecule has 24 heavy (non-hydrogen) atoms. The van der Waals surface area contributed by atoms with Crippen molar-refractivity contribution in [3.63, 3.8) is 0 Å². The van der Waals surface area contributed by atoms with Crippen molar-refractivity contribution in [2.75, 3.05) is 5.32 Å². The molecule has 0 saturated carbocycles. The van der Waals surface area contributed by atoms with E-state index >= 15 is 0 Å². The lowest BCUT2D eigenvalue weighted by Gasteiger charge is -2.06. The fraction of sp³-hybridized carbons (Fsp3) is 0.200. The summed E-state index contributed by atoms with van der Waals surface area (Å²) >= 11 is 5.99. The molecule has 0 aliphatic heterocycles. The number of aryl methyl sites for hydroxylation is 1. The van der Waals surface area contributed by atoms with Gasteiger partial charge in [0.05, 0.1) is 17.1 Å². The molecule has 2 rings (SSSR count). The number of hydrogen-bond acceptors (Lipinski definition) is 4. The fourth-order valence-corrected chi connectivity index (χ4v) is 2.15. The molecule has 2 aromatic rings. The van der Waals surface area contributed by atoms with Crippen LogP contribution in [0.25, 0.3) is 0 Å². The van der Waals surface area contributed by atoms with Crippen molar-refractivity contribution in [1.29, 1.82) is 0 Å². The maximum Gasteiger partial charge on any atom is 0.303 e. The second kappa shape index (κ2) is 7.22. The number of amides is 1. The Morgan fingerprint density at radius 1 is 1.29 bits per heavy atom. The molecule has 0 radical (unpaired) electrons. The Hall–Kier alpha value is -2.74. The molecule has 126 valence electrons. The molecule has 9 heteroatoms.